The lowest BCUT2D eigenvalue weighted by Gasteiger charge is -2.16. The van der Waals surface area contributed by atoms with Gasteiger partial charge in [-0.3, -0.25) is 0 Å². The van der Waals surface area contributed by atoms with Crippen LogP contribution in [0.3, 0.4) is 0 Å². The summed E-state index contributed by atoms with van der Waals surface area (Å²) in [5, 5.41) is 25.2. The SMILES string of the molecule is Cc1ccc2c(c1)c1cc(C)ccc1n2-c1cc(-n2c3ccc(C)cc3c3cc(C)ccc32)c(C#N)cc1C#N. The zero-order valence-electron chi connectivity index (χ0n) is 22.9. The zero-order valence-corrected chi connectivity index (χ0v) is 22.9. The molecular weight excluding hydrogens is 488 g/mol. The lowest BCUT2D eigenvalue weighted by atomic mass is 10.1. The van der Waals surface area contributed by atoms with Gasteiger partial charge in [-0.2, -0.15) is 10.5 Å². The first-order chi connectivity index (χ1) is 19.4. The largest absolute Gasteiger partial charge is 0.308 e. The zero-order chi connectivity index (χ0) is 27.7. The summed E-state index contributed by atoms with van der Waals surface area (Å²) in [5.41, 5.74) is 11.3. The first kappa shape index (κ1) is 23.8. The summed E-state index contributed by atoms with van der Waals surface area (Å²) in [5.74, 6) is 0. The highest BCUT2D eigenvalue weighted by atomic mass is 15.0. The maximum Gasteiger partial charge on any atom is 0.101 e. The van der Waals surface area contributed by atoms with Crippen LogP contribution in [0.5, 0.6) is 0 Å². The molecule has 7 rings (SSSR count). The number of hydrogen-bond acceptors (Lipinski definition) is 2. The van der Waals surface area contributed by atoms with E-state index in [0.29, 0.717) is 11.1 Å². The van der Waals surface area contributed by atoms with Crippen LogP contribution in [0.4, 0.5) is 0 Å². The van der Waals surface area contributed by atoms with E-state index in [2.05, 4.69) is 122 Å². The fraction of sp³-hybridized carbons (Fsp3) is 0.111. The molecule has 4 nitrogen and oxygen atoms in total. The van der Waals surface area contributed by atoms with E-state index in [1.165, 1.54) is 22.3 Å². The average molecular weight is 515 g/mol. The molecule has 4 heteroatoms. The minimum Gasteiger partial charge on any atom is -0.308 e. The monoisotopic (exact) mass is 514 g/mol. The van der Waals surface area contributed by atoms with Crippen molar-refractivity contribution in [2.24, 2.45) is 0 Å². The summed E-state index contributed by atoms with van der Waals surface area (Å²) in [6, 6.07) is 34.3. The van der Waals surface area contributed by atoms with Crippen LogP contribution in [0.25, 0.3) is 55.0 Å². The van der Waals surface area contributed by atoms with Crippen molar-refractivity contribution < 1.29 is 0 Å². The molecule has 0 aliphatic heterocycles. The predicted octanol–water partition coefficient (Wildman–Crippen LogP) is 8.86. The number of benzene rings is 5. The molecule has 0 atom stereocenters. The van der Waals surface area contributed by atoms with Gasteiger partial charge in [-0.1, -0.05) is 46.5 Å². The van der Waals surface area contributed by atoms with E-state index in [0.717, 1.165) is 55.0 Å². The molecule has 0 N–H and O–H groups in total. The summed E-state index contributed by atoms with van der Waals surface area (Å²) < 4.78 is 4.35. The molecule has 7 aromatic rings. The number of aryl methyl sites for hydroxylation is 4. The number of rotatable bonds is 2. The van der Waals surface area contributed by atoms with Gasteiger partial charge in [0.25, 0.3) is 0 Å². The second-order valence-electron chi connectivity index (χ2n) is 10.9. The molecule has 0 unspecified atom stereocenters. The molecular formula is C36H26N4. The fourth-order valence-corrected chi connectivity index (χ4v) is 6.15. The maximum atomic E-state index is 10.3. The first-order valence-electron chi connectivity index (χ1n) is 13.4. The van der Waals surface area contributed by atoms with Crippen molar-refractivity contribution >= 4 is 43.6 Å². The van der Waals surface area contributed by atoms with Crippen LogP contribution in [0.2, 0.25) is 0 Å². The highest BCUT2D eigenvalue weighted by molar-refractivity contribution is 6.11. The third-order valence-electron chi connectivity index (χ3n) is 7.99. The number of fused-ring (bicyclic) bond motifs is 6. The second kappa shape index (κ2) is 8.60. The molecule has 0 aliphatic rings. The van der Waals surface area contributed by atoms with Crippen LogP contribution in [0.15, 0.2) is 84.9 Å². The van der Waals surface area contributed by atoms with E-state index in [1.807, 2.05) is 6.07 Å². The Morgan fingerprint density at radius 3 is 1.00 bits per heavy atom. The number of nitrogens with zero attached hydrogens (tertiary/aromatic N) is 4. The maximum absolute atomic E-state index is 10.3. The topological polar surface area (TPSA) is 57.4 Å². The molecule has 0 fully saturated rings. The minimum atomic E-state index is 0.465. The van der Waals surface area contributed by atoms with Gasteiger partial charge in [0, 0.05) is 21.5 Å². The number of aromatic nitrogens is 2. The standard InChI is InChI=1S/C36H26N4/c1-21-5-9-31-27(13-21)28-14-22(2)6-10-32(28)39(31)35-18-36(26(20-38)17-25(35)19-37)40-33-11-7-23(3)15-29(33)30-16-24(4)8-12-34(30)40/h5-18H,1-4H3. The van der Waals surface area contributed by atoms with Crippen LogP contribution < -0.4 is 0 Å². The van der Waals surface area contributed by atoms with Crippen molar-refractivity contribution in [1.29, 1.82) is 10.5 Å². The molecule has 5 aromatic carbocycles. The van der Waals surface area contributed by atoms with Gasteiger partial charge in [0.2, 0.25) is 0 Å². The summed E-state index contributed by atoms with van der Waals surface area (Å²) in [6.07, 6.45) is 0. The highest BCUT2D eigenvalue weighted by Gasteiger charge is 2.21. The fourth-order valence-electron chi connectivity index (χ4n) is 6.15. The van der Waals surface area contributed by atoms with Crippen molar-refractivity contribution in [3.8, 4) is 23.5 Å². The Hall–Kier alpha value is -5.32. The molecule has 0 aliphatic carbocycles. The van der Waals surface area contributed by atoms with Gasteiger partial charge >= 0.3 is 0 Å². The first-order valence-corrected chi connectivity index (χ1v) is 13.4. The summed E-state index contributed by atoms with van der Waals surface area (Å²) in [4.78, 5) is 0. The van der Waals surface area contributed by atoms with Crippen molar-refractivity contribution in [3.63, 3.8) is 0 Å². The van der Waals surface area contributed by atoms with E-state index in [9.17, 15) is 10.5 Å². The van der Waals surface area contributed by atoms with Crippen molar-refractivity contribution in [2.45, 2.75) is 27.7 Å². The Morgan fingerprint density at radius 1 is 0.425 bits per heavy atom. The van der Waals surface area contributed by atoms with Crippen LogP contribution in [-0.2, 0) is 0 Å². The van der Waals surface area contributed by atoms with E-state index < -0.39 is 0 Å². The van der Waals surface area contributed by atoms with E-state index in [-0.39, 0.29) is 0 Å². The molecule has 0 bridgehead atoms. The van der Waals surface area contributed by atoms with Crippen molar-refractivity contribution in [1.82, 2.24) is 9.13 Å². The third-order valence-corrected chi connectivity index (χ3v) is 7.99. The molecule has 0 saturated heterocycles. The Kier molecular flexibility index (Phi) is 5.11. The van der Waals surface area contributed by atoms with Crippen LogP contribution in [-0.4, -0.2) is 9.13 Å². The predicted molar refractivity (Wildman–Crippen MR) is 163 cm³/mol. The number of hydrogen-bond donors (Lipinski definition) is 0. The highest BCUT2D eigenvalue weighted by Crippen LogP contribution is 2.38. The van der Waals surface area contributed by atoms with Crippen molar-refractivity contribution in [3.05, 3.63) is 118 Å². The summed E-state index contributed by atoms with van der Waals surface area (Å²) in [6.45, 7) is 8.41. The molecule has 190 valence electrons. The van der Waals surface area contributed by atoms with E-state index in [1.54, 1.807) is 6.07 Å². The van der Waals surface area contributed by atoms with Crippen LogP contribution in [0.1, 0.15) is 33.4 Å². The third kappa shape index (κ3) is 3.37. The Bertz CT molecular complexity index is 2000. The Balaban J connectivity index is 1.64. The Labute approximate surface area is 232 Å². The van der Waals surface area contributed by atoms with Gasteiger partial charge in [-0.05, 0) is 88.4 Å². The Morgan fingerprint density at radius 2 is 0.725 bits per heavy atom. The molecule has 2 aromatic heterocycles. The van der Waals surface area contributed by atoms with Gasteiger partial charge in [0.1, 0.15) is 12.1 Å². The van der Waals surface area contributed by atoms with Gasteiger partial charge in [-0.25, -0.2) is 0 Å². The summed E-state index contributed by atoms with van der Waals surface area (Å²) in [7, 11) is 0. The smallest absolute Gasteiger partial charge is 0.101 e. The molecule has 0 saturated carbocycles. The minimum absolute atomic E-state index is 0.465. The van der Waals surface area contributed by atoms with E-state index >= 15 is 0 Å². The molecule has 40 heavy (non-hydrogen) atoms. The van der Waals surface area contributed by atoms with Gasteiger partial charge < -0.3 is 9.13 Å². The second-order valence-corrected chi connectivity index (χ2v) is 10.9. The van der Waals surface area contributed by atoms with Crippen molar-refractivity contribution in [2.75, 3.05) is 0 Å². The normalized spacial score (nSPS) is 11.4. The van der Waals surface area contributed by atoms with Gasteiger partial charge in [-0.15, -0.1) is 0 Å². The molecule has 2 heterocycles. The molecule has 0 spiro atoms. The lowest BCUT2D eigenvalue weighted by Crippen LogP contribution is -2.04. The number of nitriles is 2. The van der Waals surface area contributed by atoms with Crippen LogP contribution >= 0.6 is 0 Å². The van der Waals surface area contributed by atoms with Gasteiger partial charge in [0.15, 0.2) is 0 Å². The lowest BCUT2D eigenvalue weighted by molar-refractivity contribution is 1.12. The summed E-state index contributed by atoms with van der Waals surface area (Å²) >= 11 is 0. The quantitative estimate of drug-likeness (QED) is 0.231. The van der Waals surface area contributed by atoms with Gasteiger partial charge in [0.05, 0.1) is 44.6 Å². The average Bonchev–Trinajstić information content (AvgIpc) is 3.43. The van der Waals surface area contributed by atoms with Crippen LogP contribution in [0, 0.1) is 50.4 Å². The molecule has 0 amide bonds. The molecule has 0 radical (unpaired) electrons. The van der Waals surface area contributed by atoms with E-state index in [4.69, 9.17) is 0 Å².